The van der Waals surface area contributed by atoms with Gasteiger partial charge in [0.25, 0.3) is 0 Å². The van der Waals surface area contributed by atoms with Crippen molar-refractivity contribution in [3.63, 3.8) is 0 Å². The normalized spacial score (nSPS) is 20.0. The number of rotatable bonds is 3. The molecule has 1 atom stereocenters. The summed E-state index contributed by atoms with van der Waals surface area (Å²) in [6.45, 7) is 9.22. The first-order valence-corrected chi connectivity index (χ1v) is 7.63. The molecule has 1 saturated heterocycles. The van der Waals surface area contributed by atoms with Gasteiger partial charge in [0, 0.05) is 12.0 Å². The van der Waals surface area contributed by atoms with Crippen LogP contribution in [0, 0.1) is 0 Å². The summed E-state index contributed by atoms with van der Waals surface area (Å²) in [6, 6.07) is 10.8. The minimum Gasteiger partial charge on any atom is -0.339 e. The third-order valence-electron chi connectivity index (χ3n) is 4.02. The molecule has 0 unspecified atom stereocenters. The van der Waals surface area contributed by atoms with E-state index in [0.717, 1.165) is 31.3 Å². The highest BCUT2D eigenvalue weighted by Crippen LogP contribution is 2.28. The molecule has 0 aliphatic carbocycles. The van der Waals surface area contributed by atoms with Crippen LogP contribution < -0.4 is 0 Å². The number of aromatic nitrogens is 2. The van der Waals surface area contributed by atoms with Crippen LogP contribution in [-0.4, -0.2) is 28.1 Å². The molecule has 0 bridgehead atoms. The number of hydrogen-bond acceptors (Lipinski definition) is 4. The lowest BCUT2D eigenvalue weighted by Gasteiger charge is -2.14. The van der Waals surface area contributed by atoms with Crippen molar-refractivity contribution >= 4 is 0 Å². The van der Waals surface area contributed by atoms with E-state index in [0.29, 0.717) is 5.92 Å². The zero-order valence-electron chi connectivity index (χ0n) is 13.0. The molecule has 0 spiro atoms. The predicted octanol–water partition coefficient (Wildman–Crippen LogP) is 3.36. The Kier molecular flexibility index (Phi) is 3.81. The Labute approximate surface area is 126 Å². The third kappa shape index (κ3) is 3.32. The highest BCUT2D eigenvalue weighted by atomic mass is 16.5. The van der Waals surface area contributed by atoms with Gasteiger partial charge in [-0.25, -0.2) is 0 Å². The van der Waals surface area contributed by atoms with Gasteiger partial charge in [0.15, 0.2) is 5.82 Å². The number of likely N-dealkylation sites (tertiary alicyclic amines) is 1. The number of hydrogen-bond donors (Lipinski definition) is 0. The zero-order valence-corrected chi connectivity index (χ0v) is 13.0. The molecule has 1 aromatic heterocycles. The zero-order chi connectivity index (χ0) is 14.9. The standard InChI is InChI=1S/C17H23N3O/c1-17(2,3)16-18-15(19-21-16)12-20-10-9-14(11-20)13-7-5-4-6-8-13/h4-8,14H,9-12H2,1-3H3/t14-/m1/s1. The van der Waals surface area contributed by atoms with Crippen LogP contribution in [0.5, 0.6) is 0 Å². The van der Waals surface area contributed by atoms with Gasteiger partial charge in [0.2, 0.25) is 5.89 Å². The van der Waals surface area contributed by atoms with E-state index < -0.39 is 0 Å². The van der Waals surface area contributed by atoms with Crippen molar-refractivity contribution in [2.75, 3.05) is 13.1 Å². The summed E-state index contributed by atoms with van der Waals surface area (Å²) in [7, 11) is 0. The minimum atomic E-state index is -0.0805. The van der Waals surface area contributed by atoms with E-state index in [1.165, 1.54) is 12.0 Å². The van der Waals surface area contributed by atoms with Crippen LogP contribution >= 0.6 is 0 Å². The molecule has 112 valence electrons. The highest BCUT2D eigenvalue weighted by Gasteiger charge is 2.26. The molecule has 1 aliphatic rings. The van der Waals surface area contributed by atoms with E-state index >= 15 is 0 Å². The predicted molar refractivity (Wildman–Crippen MR) is 82.1 cm³/mol. The summed E-state index contributed by atoms with van der Waals surface area (Å²) in [5, 5.41) is 4.12. The van der Waals surface area contributed by atoms with E-state index in [9.17, 15) is 0 Å². The second kappa shape index (κ2) is 5.60. The van der Waals surface area contributed by atoms with Gasteiger partial charge in [-0.1, -0.05) is 56.3 Å². The van der Waals surface area contributed by atoms with Crippen LogP contribution in [0.15, 0.2) is 34.9 Å². The van der Waals surface area contributed by atoms with Crippen molar-refractivity contribution < 1.29 is 4.52 Å². The topological polar surface area (TPSA) is 42.2 Å². The molecular weight excluding hydrogens is 262 g/mol. The molecule has 1 fully saturated rings. The summed E-state index contributed by atoms with van der Waals surface area (Å²) in [5.41, 5.74) is 1.35. The lowest BCUT2D eigenvalue weighted by molar-refractivity contribution is 0.296. The van der Waals surface area contributed by atoms with Crippen LogP contribution in [0.4, 0.5) is 0 Å². The van der Waals surface area contributed by atoms with Crippen LogP contribution in [0.2, 0.25) is 0 Å². The van der Waals surface area contributed by atoms with Gasteiger partial charge in [-0.3, -0.25) is 4.90 Å². The first-order chi connectivity index (χ1) is 10.0. The highest BCUT2D eigenvalue weighted by molar-refractivity contribution is 5.21. The van der Waals surface area contributed by atoms with Gasteiger partial charge >= 0.3 is 0 Å². The Balaban J connectivity index is 1.61. The van der Waals surface area contributed by atoms with Crippen molar-refractivity contribution in [3.8, 4) is 0 Å². The van der Waals surface area contributed by atoms with E-state index in [4.69, 9.17) is 4.52 Å². The minimum absolute atomic E-state index is 0.0805. The molecule has 2 aromatic rings. The van der Waals surface area contributed by atoms with Gasteiger partial charge in [0.05, 0.1) is 6.54 Å². The van der Waals surface area contributed by atoms with Gasteiger partial charge in [-0.15, -0.1) is 0 Å². The summed E-state index contributed by atoms with van der Waals surface area (Å²) in [6.07, 6.45) is 1.20. The smallest absolute Gasteiger partial charge is 0.232 e. The maximum absolute atomic E-state index is 5.36. The van der Waals surface area contributed by atoms with Crippen molar-refractivity contribution in [1.29, 1.82) is 0 Å². The second-order valence-corrected chi connectivity index (χ2v) is 6.90. The Morgan fingerprint density at radius 1 is 1.24 bits per heavy atom. The van der Waals surface area contributed by atoms with Gasteiger partial charge in [0.1, 0.15) is 0 Å². The Morgan fingerprint density at radius 2 is 2.00 bits per heavy atom. The monoisotopic (exact) mass is 285 g/mol. The average Bonchev–Trinajstić information content (AvgIpc) is 3.09. The molecule has 2 heterocycles. The van der Waals surface area contributed by atoms with E-state index in [2.05, 4.69) is 66.1 Å². The van der Waals surface area contributed by atoms with Crippen LogP contribution in [0.1, 0.15) is 50.4 Å². The molecule has 4 nitrogen and oxygen atoms in total. The molecule has 4 heteroatoms. The van der Waals surface area contributed by atoms with Crippen molar-refractivity contribution in [2.24, 2.45) is 0 Å². The maximum Gasteiger partial charge on any atom is 0.232 e. The first-order valence-electron chi connectivity index (χ1n) is 7.63. The quantitative estimate of drug-likeness (QED) is 0.867. The lowest BCUT2D eigenvalue weighted by atomic mass is 9.97. The Hall–Kier alpha value is -1.68. The average molecular weight is 285 g/mol. The fourth-order valence-corrected chi connectivity index (χ4v) is 2.80. The van der Waals surface area contributed by atoms with Crippen molar-refractivity contribution in [3.05, 3.63) is 47.6 Å². The summed E-state index contributed by atoms with van der Waals surface area (Å²) < 4.78 is 5.36. The van der Waals surface area contributed by atoms with Crippen molar-refractivity contribution in [2.45, 2.75) is 45.1 Å². The second-order valence-electron chi connectivity index (χ2n) is 6.90. The van der Waals surface area contributed by atoms with E-state index in [1.54, 1.807) is 0 Å². The van der Waals surface area contributed by atoms with Crippen LogP contribution in [-0.2, 0) is 12.0 Å². The fraction of sp³-hybridized carbons (Fsp3) is 0.529. The number of benzene rings is 1. The van der Waals surface area contributed by atoms with Gasteiger partial charge in [-0.2, -0.15) is 4.98 Å². The summed E-state index contributed by atoms with van der Waals surface area (Å²) in [5.74, 6) is 2.14. The summed E-state index contributed by atoms with van der Waals surface area (Å²) >= 11 is 0. The van der Waals surface area contributed by atoms with Crippen LogP contribution in [0.3, 0.4) is 0 Å². The molecular formula is C17H23N3O. The van der Waals surface area contributed by atoms with Crippen molar-refractivity contribution in [1.82, 2.24) is 15.0 Å². The number of nitrogens with zero attached hydrogens (tertiary/aromatic N) is 3. The Bertz CT molecular complexity index is 586. The molecule has 0 radical (unpaired) electrons. The molecule has 0 N–H and O–H groups in total. The molecule has 0 amide bonds. The Morgan fingerprint density at radius 3 is 2.67 bits per heavy atom. The third-order valence-corrected chi connectivity index (χ3v) is 4.02. The van der Waals surface area contributed by atoms with Gasteiger partial charge < -0.3 is 4.52 Å². The molecule has 0 saturated carbocycles. The fourth-order valence-electron chi connectivity index (χ4n) is 2.80. The lowest BCUT2D eigenvalue weighted by Crippen LogP contribution is -2.20. The van der Waals surface area contributed by atoms with Gasteiger partial charge in [-0.05, 0) is 24.4 Å². The molecule has 1 aliphatic heterocycles. The molecule has 3 rings (SSSR count). The SMILES string of the molecule is CC(C)(C)c1nc(CN2CC[C@@H](c3ccccc3)C2)no1. The van der Waals surface area contributed by atoms with Crippen LogP contribution in [0.25, 0.3) is 0 Å². The van der Waals surface area contributed by atoms with E-state index in [1.807, 2.05) is 0 Å². The first kappa shape index (κ1) is 14.3. The largest absolute Gasteiger partial charge is 0.339 e. The molecule has 1 aromatic carbocycles. The maximum atomic E-state index is 5.36. The van der Waals surface area contributed by atoms with E-state index in [-0.39, 0.29) is 5.41 Å². The molecule has 21 heavy (non-hydrogen) atoms. The summed E-state index contributed by atoms with van der Waals surface area (Å²) in [4.78, 5) is 6.94.